The van der Waals surface area contributed by atoms with Crippen LogP contribution in [0.1, 0.15) is 60.3 Å². The highest BCUT2D eigenvalue weighted by Gasteiger charge is 2.38. The molecule has 1 aliphatic heterocycles. The molecule has 0 saturated heterocycles. The van der Waals surface area contributed by atoms with E-state index in [4.69, 9.17) is 17.4 Å². The van der Waals surface area contributed by atoms with Crippen LogP contribution in [0.2, 0.25) is 0 Å². The first-order chi connectivity index (χ1) is 7.85. The Morgan fingerprint density at radius 3 is 2.71 bits per heavy atom. The van der Waals surface area contributed by atoms with Crippen molar-refractivity contribution in [2.75, 3.05) is 6.54 Å². The third-order valence-electron chi connectivity index (χ3n) is 4.22. The van der Waals surface area contributed by atoms with Gasteiger partial charge in [-0.3, -0.25) is 4.99 Å². The zero-order valence-electron chi connectivity index (χ0n) is 11.9. The van der Waals surface area contributed by atoms with Gasteiger partial charge in [0.25, 0.3) is 0 Å². The van der Waals surface area contributed by atoms with Crippen molar-refractivity contribution >= 4 is 18.5 Å². The number of hydrogen-bond acceptors (Lipinski definition) is 3. The summed E-state index contributed by atoms with van der Waals surface area (Å²) in [6.45, 7) is 11.8. The van der Waals surface area contributed by atoms with E-state index < -0.39 is 0 Å². The van der Waals surface area contributed by atoms with Crippen molar-refractivity contribution in [3.05, 3.63) is 0 Å². The molecule has 3 atom stereocenters. The van der Waals surface area contributed by atoms with E-state index in [1.807, 2.05) is 0 Å². The Kier molecular flexibility index (Phi) is 4.94. The molecule has 0 spiro atoms. The zero-order valence-corrected chi connectivity index (χ0v) is 12.8. The minimum Gasteiger partial charge on any atom is -0.473 e. The van der Waals surface area contributed by atoms with Gasteiger partial charge in [0.1, 0.15) is 5.60 Å². The summed E-state index contributed by atoms with van der Waals surface area (Å²) in [6.07, 6.45) is 4.27. The second kappa shape index (κ2) is 5.64. The van der Waals surface area contributed by atoms with E-state index in [0.717, 1.165) is 38.1 Å². The highest BCUT2D eigenvalue weighted by Crippen LogP contribution is 2.35. The Balaban J connectivity index is 2.92. The van der Waals surface area contributed by atoms with Crippen molar-refractivity contribution in [1.29, 1.82) is 0 Å². The molecule has 2 nitrogen and oxygen atoms in total. The quantitative estimate of drug-likeness (QED) is 0.752. The summed E-state index contributed by atoms with van der Waals surface area (Å²) in [5.41, 5.74) is -0.0801. The molecular formula is C14H27NOS. The zero-order chi connectivity index (χ0) is 13.1. The Labute approximate surface area is 112 Å². The molecule has 0 aromatic heterocycles. The summed E-state index contributed by atoms with van der Waals surface area (Å²) in [4.78, 5) is 4.60. The number of hydrogen-bond donors (Lipinski definition) is 1. The molecule has 100 valence electrons. The monoisotopic (exact) mass is 257 g/mol. The molecule has 1 rings (SSSR count). The Morgan fingerprint density at radius 1 is 1.53 bits per heavy atom. The topological polar surface area (TPSA) is 21.6 Å². The molecule has 0 radical (unpaired) electrons. The van der Waals surface area contributed by atoms with Gasteiger partial charge in [-0.05, 0) is 45.4 Å². The molecule has 0 N–H and O–H groups in total. The van der Waals surface area contributed by atoms with Gasteiger partial charge in [0.05, 0.1) is 4.75 Å². The lowest BCUT2D eigenvalue weighted by molar-refractivity contribution is 0.00939. The van der Waals surface area contributed by atoms with Crippen molar-refractivity contribution in [3.8, 4) is 0 Å². The van der Waals surface area contributed by atoms with Gasteiger partial charge < -0.3 is 4.74 Å². The predicted octanol–water partition coefficient (Wildman–Crippen LogP) is 4.10. The summed E-state index contributed by atoms with van der Waals surface area (Å²) in [5.74, 6) is 1.38. The molecule has 0 aromatic carbocycles. The van der Waals surface area contributed by atoms with Gasteiger partial charge in [-0.15, -0.1) is 0 Å². The van der Waals surface area contributed by atoms with Crippen molar-refractivity contribution in [2.24, 2.45) is 10.9 Å². The minimum absolute atomic E-state index is 0.0801. The molecule has 1 aliphatic rings. The molecule has 0 amide bonds. The summed E-state index contributed by atoms with van der Waals surface area (Å²) in [5, 5.41) is 0. The highest BCUT2D eigenvalue weighted by molar-refractivity contribution is 7.82. The standard InChI is InChI=1S/C14H27NOS/c1-6-11(3)13(4)9-8-10-15-12(16-13)14(5,17)7-2/h11,17H,6-10H2,1-5H3. The van der Waals surface area contributed by atoms with Gasteiger partial charge in [0.15, 0.2) is 5.90 Å². The Bertz CT molecular complexity index is 288. The fourth-order valence-electron chi connectivity index (χ4n) is 2.13. The molecule has 0 bridgehead atoms. The lowest BCUT2D eigenvalue weighted by atomic mass is 9.84. The molecule has 3 unspecified atom stereocenters. The average molecular weight is 257 g/mol. The second-order valence-electron chi connectivity index (χ2n) is 5.64. The first-order valence-electron chi connectivity index (χ1n) is 6.82. The van der Waals surface area contributed by atoms with Crippen molar-refractivity contribution in [1.82, 2.24) is 0 Å². The number of rotatable bonds is 4. The lowest BCUT2D eigenvalue weighted by Gasteiger charge is -2.38. The molecule has 1 heterocycles. The predicted molar refractivity (Wildman–Crippen MR) is 78.2 cm³/mol. The number of thiol groups is 1. The minimum atomic E-state index is -0.237. The summed E-state index contributed by atoms with van der Waals surface area (Å²) < 4.78 is 6.04. The lowest BCUT2D eigenvalue weighted by Crippen LogP contribution is -2.42. The fourth-order valence-corrected chi connectivity index (χ4v) is 2.24. The molecule has 17 heavy (non-hydrogen) atoms. The highest BCUT2D eigenvalue weighted by atomic mass is 32.1. The van der Waals surface area contributed by atoms with Crippen molar-refractivity contribution < 1.29 is 4.74 Å². The maximum Gasteiger partial charge on any atom is 0.199 e. The maximum atomic E-state index is 6.28. The van der Waals surface area contributed by atoms with Crippen LogP contribution in [0, 0.1) is 5.92 Å². The van der Waals surface area contributed by atoms with Gasteiger partial charge in [0.2, 0.25) is 0 Å². The molecule has 0 aliphatic carbocycles. The Morgan fingerprint density at radius 2 is 2.18 bits per heavy atom. The maximum absolute atomic E-state index is 6.28. The van der Waals surface area contributed by atoms with Crippen LogP contribution in [-0.2, 0) is 4.74 Å². The van der Waals surface area contributed by atoms with Crippen molar-refractivity contribution in [3.63, 3.8) is 0 Å². The van der Waals surface area contributed by atoms with Gasteiger partial charge in [0, 0.05) is 6.54 Å². The van der Waals surface area contributed by atoms with E-state index in [0.29, 0.717) is 5.92 Å². The smallest absolute Gasteiger partial charge is 0.199 e. The SMILES string of the molecule is CCC(C)C1(C)CCCN=C(C(C)(S)CC)O1. The van der Waals surface area contributed by atoms with Crippen LogP contribution in [0.4, 0.5) is 0 Å². The van der Waals surface area contributed by atoms with E-state index in [1.165, 1.54) is 0 Å². The average Bonchev–Trinajstić information content (AvgIpc) is 2.51. The van der Waals surface area contributed by atoms with Crippen LogP contribution in [0.5, 0.6) is 0 Å². The van der Waals surface area contributed by atoms with Crippen molar-refractivity contribution in [2.45, 2.75) is 70.7 Å². The van der Waals surface area contributed by atoms with E-state index >= 15 is 0 Å². The van der Waals surface area contributed by atoms with E-state index in [9.17, 15) is 0 Å². The van der Waals surface area contributed by atoms with Gasteiger partial charge in [-0.25, -0.2) is 0 Å². The molecule has 0 saturated carbocycles. The van der Waals surface area contributed by atoms with Crippen LogP contribution in [-0.4, -0.2) is 22.8 Å². The van der Waals surface area contributed by atoms with E-state index in [-0.39, 0.29) is 10.3 Å². The molecular weight excluding hydrogens is 230 g/mol. The van der Waals surface area contributed by atoms with Crippen LogP contribution < -0.4 is 0 Å². The van der Waals surface area contributed by atoms with E-state index in [1.54, 1.807) is 0 Å². The number of nitrogens with zero attached hydrogens (tertiary/aromatic N) is 1. The Hall–Kier alpha value is -0.180. The van der Waals surface area contributed by atoms with Gasteiger partial charge >= 0.3 is 0 Å². The third-order valence-corrected chi connectivity index (χ3v) is 4.73. The first-order valence-corrected chi connectivity index (χ1v) is 7.26. The summed E-state index contributed by atoms with van der Waals surface area (Å²) in [7, 11) is 0. The van der Waals surface area contributed by atoms with Gasteiger partial charge in [-0.1, -0.05) is 20.8 Å². The second-order valence-corrected chi connectivity index (χ2v) is 6.63. The third kappa shape index (κ3) is 3.40. The van der Waals surface area contributed by atoms with Crippen LogP contribution in [0.25, 0.3) is 0 Å². The van der Waals surface area contributed by atoms with Gasteiger partial charge in [-0.2, -0.15) is 12.6 Å². The van der Waals surface area contributed by atoms with Crippen LogP contribution >= 0.6 is 12.6 Å². The normalized spacial score (nSPS) is 30.8. The summed E-state index contributed by atoms with van der Waals surface area (Å²) in [6, 6.07) is 0. The van der Waals surface area contributed by atoms with E-state index in [2.05, 4.69) is 39.6 Å². The van der Waals surface area contributed by atoms with Crippen LogP contribution in [0.15, 0.2) is 4.99 Å². The molecule has 3 heteroatoms. The largest absolute Gasteiger partial charge is 0.473 e. The number of ether oxygens (including phenoxy) is 1. The fraction of sp³-hybridized carbons (Fsp3) is 0.929. The first kappa shape index (κ1) is 14.9. The number of aliphatic imine (C=N–C) groups is 1. The molecule has 0 fully saturated rings. The van der Waals surface area contributed by atoms with Crippen LogP contribution in [0.3, 0.4) is 0 Å². The molecule has 0 aromatic rings. The summed E-state index contributed by atoms with van der Waals surface area (Å²) >= 11 is 4.70.